The summed E-state index contributed by atoms with van der Waals surface area (Å²) in [4.78, 5) is 22.9. The number of hydrogen-bond donors (Lipinski definition) is 1. The average molecular weight is 461 g/mol. The molecule has 5 nitrogen and oxygen atoms in total. The van der Waals surface area contributed by atoms with Gasteiger partial charge in [-0.2, -0.15) is 26.3 Å². The fraction of sp³-hybridized carbons (Fsp3) is 0.333. The second-order valence-corrected chi connectivity index (χ2v) is 7.08. The van der Waals surface area contributed by atoms with E-state index < -0.39 is 47.3 Å². The lowest BCUT2D eigenvalue weighted by molar-refractivity contribution is -0.143. The van der Waals surface area contributed by atoms with Crippen molar-refractivity contribution >= 4 is 12.0 Å². The summed E-state index contributed by atoms with van der Waals surface area (Å²) in [6.07, 6.45) is -10.7. The Morgan fingerprint density at radius 1 is 0.969 bits per heavy atom. The first-order valence-electron chi connectivity index (χ1n) is 9.48. The van der Waals surface area contributed by atoms with Gasteiger partial charge in [-0.1, -0.05) is 19.4 Å². The first kappa shape index (κ1) is 23.4. The molecule has 1 aliphatic rings. The minimum absolute atomic E-state index is 0.00368. The highest BCUT2D eigenvalue weighted by Gasteiger charge is 2.39. The number of alkyl carbamates (subject to hydrolysis) is 1. The van der Waals surface area contributed by atoms with Gasteiger partial charge in [0.05, 0.1) is 11.1 Å². The Balaban J connectivity index is 1.91. The molecule has 2 amide bonds. The monoisotopic (exact) mass is 461 g/mol. The number of nitrogens with one attached hydrogen (secondary N) is 1. The van der Waals surface area contributed by atoms with E-state index in [1.165, 1.54) is 18.2 Å². The molecule has 1 fully saturated rings. The Morgan fingerprint density at radius 2 is 1.69 bits per heavy atom. The van der Waals surface area contributed by atoms with Crippen LogP contribution >= 0.6 is 0 Å². The van der Waals surface area contributed by atoms with E-state index in [0.29, 0.717) is 36.1 Å². The van der Waals surface area contributed by atoms with Gasteiger partial charge in [-0.3, -0.25) is 10.1 Å². The highest BCUT2D eigenvalue weighted by atomic mass is 19.4. The number of hydrogen-bond acceptors (Lipinski definition) is 4. The van der Waals surface area contributed by atoms with Gasteiger partial charge in [-0.05, 0) is 47.9 Å². The predicted octanol–water partition coefficient (Wildman–Crippen LogP) is 5.65. The van der Waals surface area contributed by atoms with Crippen LogP contribution in [0.4, 0.5) is 31.1 Å². The van der Waals surface area contributed by atoms with Crippen molar-refractivity contribution in [2.24, 2.45) is 0 Å². The molecule has 1 saturated heterocycles. The molecular formula is C21H17F6NO4. The van der Waals surface area contributed by atoms with Gasteiger partial charge in [0.25, 0.3) is 5.91 Å². The van der Waals surface area contributed by atoms with E-state index in [1.54, 1.807) is 0 Å². The number of carbonyl (C=O) groups is 2. The zero-order valence-electron chi connectivity index (χ0n) is 16.6. The van der Waals surface area contributed by atoms with E-state index in [9.17, 15) is 35.9 Å². The lowest BCUT2D eigenvalue weighted by Gasteiger charge is -2.18. The maximum atomic E-state index is 13.4. The van der Waals surface area contributed by atoms with E-state index in [-0.39, 0.29) is 18.2 Å². The van der Waals surface area contributed by atoms with Crippen LogP contribution in [-0.4, -0.2) is 18.1 Å². The van der Waals surface area contributed by atoms with Crippen LogP contribution in [-0.2, 0) is 34.7 Å². The average Bonchev–Trinajstić information content (AvgIpc) is 2.99. The van der Waals surface area contributed by atoms with Crippen LogP contribution in [0, 0.1) is 0 Å². The standard InChI is InChI=1S/C21H17F6NO4/c1-2-3-11-8-14(6-4-12(11)9-17-18(29)28-19(30)32-17)31-16-7-5-13(20(22,23)24)10-15(16)21(25,26)27/h4-8,10,17H,2-3,9H2,1H3,(H,28,29,30). The summed E-state index contributed by atoms with van der Waals surface area (Å²) >= 11 is 0. The largest absolute Gasteiger partial charge is 0.457 e. The Labute approximate surface area is 178 Å². The number of rotatable bonds is 6. The van der Waals surface area contributed by atoms with Crippen LogP contribution < -0.4 is 10.1 Å². The van der Waals surface area contributed by atoms with E-state index in [0.717, 1.165) is 0 Å². The van der Waals surface area contributed by atoms with Gasteiger partial charge in [-0.25, -0.2) is 4.79 Å². The van der Waals surface area contributed by atoms with Gasteiger partial charge in [-0.15, -0.1) is 0 Å². The molecule has 1 aliphatic heterocycles. The lowest BCUT2D eigenvalue weighted by Crippen LogP contribution is -2.26. The number of imide groups is 1. The summed E-state index contributed by atoms with van der Waals surface area (Å²) < 4.78 is 88.8. The normalized spacial score (nSPS) is 16.7. The van der Waals surface area contributed by atoms with Gasteiger partial charge in [0.15, 0.2) is 6.10 Å². The van der Waals surface area contributed by atoms with Crippen LogP contribution in [0.25, 0.3) is 0 Å². The molecule has 2 aromatic carbocycles. The lowest BCUT2D eigenvalue weighted by atomic mass is 9.97. The Hall–Kier alpha value is -3.24. The summed E-state index contributed by atoms with van der Waals surface area (Å²) in [5.41, 5.74) is -1.73. The number of alkyl halides is 6. The van der Waals surface area contributed by atoms with Crippen molar-refractivity contribution in [1.29, 1.82) is 0 Å². The molecule has 2 aromatic rings. The molecule has 0 saturated carbocycles. The fourth-order valence-corrected chi connectivity index (χ4v) is 3.24. The first-order valence-corrected chi connectivity index (χ1v) is 9.48. The number of carbonyl (C=O) groups excluding carboxylic acids is 2. The van der Waals surface area contributed by atoms with Gasteiger partial charge in [0.2, 0.25) is 0 Å². The molecule has 32 heavy (non-hydrogen) atoms. The smallest absolute Gasteiger partial charge is 0.420 e. The highest BCUT2D eigenvalue weighted by molar-refractivity contribution is 6.00. The molecule has 0 radical (unpaired) electrons. The van der Waals surface area contributed by atoms with Crippen molar-refractivity contribution in [3.8, 4) is 11.5 Å². The summed E-state index contributed by atoms with van der Waals surface area (Å²) in [5.74, 6) is -1.39. The molecule has 1 atom stereocenters. The molecule has 0 aromatic heterocycles. The van der Waals surface area contributed by atoms with E-state index in [1.807, 2.05) is 12.2 Å². The van der Waals surface area contributed by atoms with Gasteiger partial charge in [0.1, 0.15) is 11.5 Å². The maximum absolute atomic E-state index is 13.4. The van der Waals surface area contributed by atoms with Crippen LogP contribution in [0.5, 0.6) is 11.5 Å². The van der Waals surface area contributed by atoms with Crippen LogP contribution in [0.15, 0.2) is 36.4 Å². The predicted molar refractivity (Wildman–Crippen MR) is 99.1 cm³/mol. The number of ether oxygens (including phenoxy) is 2. The number of amides is 2. The summed E-state index contributed by atoms with van der Waals surface area (Å²) in [5, 5.41) is 2.01. The fourth-order valence-electron chi connectivity index (χ4n) is 3.24. The molecule has 1 N–H and O–H groups in total. The zero-order chi connectivity index (χ0) is 23.7. The molecule has 11 heteroatoms. The SMILES string of the molecule is CCCc1cc(Oc2ccc(C(F)(F)F)cc2C(F)(F)F)ccc1CC1OC(=O)NC1=O. The van der Waals surface area contributed by atoms with Gasteiger partial charge in [0, 0.05) is 6.42 Å². The van der Waals surface area contributed by atoms with E-state index in [2.05, 4.69) is 0 Å². The van der Waals surface area contributed by atoms with Crippen LogP contribution in [0.3, 0.4) is 0 Å². The molecule has 0 bridgehead atoms. The number of aryl methyl sites for hydroxylation is 1. The second kappa shape index (κ2) is 8.71. The summed E-state index contributed by atoms with van der Waals surface area (Å²) in [6, 6.07) is 5.44. The summed E-state index contributed by atoms with van der Waals surface area (Å²) in [7, 11) is 0. The first-order chi connectivity index (χ1) is 14.9. The van der Waals surface area contributed by atoms with Crippen LogP contribution in [0.2, 0.25) is 0 Å². The quantitative estimate of drug-likeness (QED) is 0.565. The molecule has 0 spiro atoms. The molecule has 3 rings (SSSR count). The van der Waals surface area contributed by atoms with Crippen molar-refractivity contribution < 1.29 is 45.4 Å². The van der Waals surface area contributed by atoms with Gasteiger partial charge >= 0.3 is 18.4 Å². The minimum Gasteiger partial charge on any atom is -0.457 e. The van der Waals surface area contributed by atoms with Crippen molar-refractivity contribution in [1.82, 2.24) is 5.32 Å². The third-order valence-corrected chi connectivity index (χ3v) is 4.71. The van der Waals surface area contributed by atoms with E-state index >= 15 is 0 Å². The van der Waals surface area contributed by atoms with Crippen molar-refractivity contribution in [3.63, 3.8) is 0 Å². The maximum Gasteiger partial charge on any atom is 0.420 e. The molecule has 0 aliphatic carbocycles. The van der Waals surface area contributed by atoms with Crippen molar-refractivity contribution in [2.75, 3.05) is 0 Å². The highest BCUT2D eigenvalue weighted by Crippen LogP contribution is 2.42. The molecule has 172 valence electrons. The number of cyclic esters (lactones) is 1. The van der Waals surface area contributed by atoms with Crippen LogP contribution in [0.1, 0.15) is 35.6 Å². The third kappa shape index (κ3) is 5.32. The Bertz CT molecular complexity index is 1030. The Morgan fingerprint density at radius 3 is 2.25 bits per heavy atom. The van der Waals surface area contributed by atoms with Gasteiger partial charge < -0.3 is 9.47 Å². The summed E-state index contributed by atoms with van der Waals surface area (Å²) in [6.45, 7) is 1.86. The van der Waals surface area contributed by atoms with Crippen molar-refractivity contribution in [2.45, 2.75) is 44.6 Å². The molecular weight excluding hydrogens is 444 g/mol. The van der Waals surface area contributed by atoms with Crippen molar-refractivity contribution in [3.05, 3.63) is 58.7 Å². The Kier molecular flexibility index (Phi) is 6.38. The number of halogens is 6. The zero-order valence-corrected chi connectivity index (χ0v) is 16.6. The number of benzene rings is 2. The topological polar surface area (TPSA) is 64.6 Å². The second-order valence-electron chi connectivity index (χ2n) is 7.08. The minimum atomic E-state index is -5.07. The third-order valence-electron chi connectivity index (χ3n) is 4.71. The molecule has 1 heterocycles. The molecule has 1 unspecified atom stereocenters. The van der Waals surface area contributed by atoms with E-state index in [4.69, 9.17) is 9.47 Å².